The molecule has 146 valence electrons. The molecule has 2 unspecified atom stereocenters. The van der Waals surface area contributed by atoms with Gasteiger partial charge in [-0.3, -0.25) is 9.59 Å². The minimum absolute atomic E-state index is 0.278. The van der Waals surface area contributed by atoms with E-state index in [1.807, 2.05) is 30.3 Å². The predicted molar refractivity (Wildman–Crippen MR) is 98.0 cm³/mol. The number of nitrogens with one attached hydrogen (secondary N) is 1. The van der Waals surface area contributed by atoms with E-state index < -0.39 is 11.0 Å². The monoisotopic (exact) mass is 373 g/mol. The largest absolute Gasteiger partial charge is 0.492 e. The molecule has 0 spiro atoms. The molecule has 0 saturated heterocycles. The van der Waals surface area contributed by atoms with Gasteiger partial charge in [0.05, 0.1) is 17.6 Å². The van der Waals surface area contributed by atoms with Crippen molar-refractivity contribution in [1.82, 2.24) is 5.32 Å². The Bertz CT molecular complexity index is 690. The third-order valence-corrected chi connectivity index (χ3v) is 6.23. The Morgan fingerprint density at radius 3 is 2.48 bits per heavy atom. The Kier molecular flexibility index (Phi) is 4.84. The molecule has 1 aromatic rings. The van der Waals surface area contributed by atoms with Crippen LogP contribution in [0.4, 0.5) is 0 Å². The fourth-order valence-corrected chi connectivity index (χ4v) is 5.66. The molecule has 6 heteroatoms. The lowest BCUT2D eigenvalue weighted by molar-refractivity contribution is -0.196. The summed E-state index contributed by atoms with van der Waals surface area (Å²) in [5, 5.41) is 13.4. The van der Waals surface area contributed by atoms with Crippen LogP contribution in [0.15, 0.2) is 30.3 Å². The van der Waals surface area contributed by atoms with Crippen LogP contribution in [0.25, 0.3) is 0 Å². The molecular formula is C21H27NO5. The van der Waals surface area contributed by atoms with Crippen molar-refractivity contribution < 1.29 is 24.2 Å². The minimum atomic E-state index is -0.708. The van der Waals surface area contributed by atoms with E-state index in [4.69, 9.17) is 9.47 Å². The standard InChI is InChI=1S/C21H27NO5/c23-18(22-6-7-26-17-4-2-1-3-5-17)13-27-19(24)20-9-15-8-16(10-20)12-21(25,11-15)14-20/h1-5,15-16,25H,6-14H2,(H,22,23)/t15-,16+,20?,21?. The molecular weight excluding hydrogens is 346 g/mol. The van der Waals surface area contributed by atoms with Crippen LogP contribution in [0.1, 0.15) is 38.5 Å². The normalized spacial score (nSPS) is 33.5. The van der Waals surface area contributed by atoms with E-state index in [1.165, 1.54) is 0 Å². The van der Waals surface area contributed by atoms with Gasteiger partial charge in [0.15, 0.2) is 6.61 Å². The maximum absolute atomic E-state index is 12.7. The first kappa shape index (κ1) is 18.3. The number of ether oxygens (including phenoxy) is 2. The first-order valence-corrected chi connectivity index (χ1v) is 9.81. The molecule has 4 fully saturated rings. The third kappa shape index (κ3) is 3.95. The van der Waals surface area contributed by atoms with Gasteiger partial charge in [0, 0.05) is 0 Å². The zero-order valence-electron chi connectivity index (χ0n) is 15.5. The molecule has 4 bridgehead atoms. The van der Waals surface area contributed by atoms with Crippen molar-refractivity contribution in [2.45, 2.75) is 44.1 Å². The van der Waals surface area contributed by atoms with Crippen LogP contribution in [0, 0.1) is 17.3 Å². The van der Waals surface area contributed by atoms with Crippen molar-refractivity contribution in [2.24, 2.45) is 17.3 Å². The maximum atomic E-state index is 12.7. The number of esters is 1. The van der Waals surface area contributed by atoms with Crippen molar-refractivity contribution in [1.29, 1.82) is 0 Å². The highest BCUT2D eigenvalue weighted by Crippen LogP contribution is 2.61. The van der Waals surface area contributed by atoms with Crippen molar-refractivity contribution in [3.8, 4) is 5.75 Å². The second-order valence-electron chi connectivity index (χ2n) is 8.55. The quantitative estimate of drug-likeness (QED) is 0.564. The van der Waals surface area contributed by atoms with E-state index in [2.05, 4.69) is 5.32 Å². The van der Waals surface area contributed by atoms with Crippen molar-refractivity contribution >= 4 is 11.9 Å². The van der Waals surface area contributed by atoms with Crippen molar-refractivity contribution in [3.63, 3.8) is 0 Å². The van der Waals surface area contributed by atoms with E-state index in [-0.39, 0.29) is 18.5 Å². The molecule has 4 atom stereocenters. The zero-order valence-corrected chi connectivity index (χ0v) is 15.5. The summed E-state index contributed by atoms with van der Waals surface area (Å²) in [4.78, 5) is 24.7. The van der Waals surface area contributed by atoms with Gasteiger partial charge < -0.3 is 19.9 Å². The van der Waals surface area contributed by atoms with Crippen LogP contribution in [0.5, 0.6) is 5.75 Å². The highest BCUT2D eigenvalue weighted by Gasteiger charge is 2.60. The van der Waals surface area contributed by atoms with Gasteiger partial charge in [0.25, 0.3) is 5.91 Å². The van der Waals surface area contributed by atoms with Crippen LogP contribution in [0.2, 0.25) is 0 Å². The van der Waals surface area contributed by atoms with E-state index >= 15 is 0 Å². The van der Waals surface area contributed by atoms with Crippen LogP contribution in [0.3, 0.4) is 0 Å². The van der Waals surface area contributed by atoms with E-state index in [0.29, 0.717) is 31.4 Å². The molecule has 0 aromatic heterocycles. The summed E-state index contributed by atoms with van der Waals surface area (Å²) in [5.74, 6) is 0.924. The molecule has 1 amide bonds. The van der Waals surface area contributed by atoms with Crippen LogP contribution in [-0.2, 0) is 14.3 Å². The fourth-order valence-electron chi connectivity index (χ4n) is 5.66. The SMILES string of the molecule is O=C(COC(=O)C12C[C@@H]3C[C@@H](CC(O)(C3)C1)C2)NCCOc1ccccc1. The summed E-state index contributed by atoms with van der Waals surface area (Å²) in [7, 11) is 0. The summed E-state index contributed by atoms with van der Waals surface area (Å²) < 4.78 is 10.9. The number of hydrogen-bond acceptors (Lipinski definition) is 5. The summed E-state index contributed by atoms with van der Waals surface area (Å²) in [5.41, 5.74) is -1.30. The predicted octanol–water partition coefficient (Wildman–Crippen LogP) is 2.06. The van der Waals surface area contributed by atoms with Gasteiger partial charge in [-0.15, -0.1) is 0 Å². The summed E-state index contributed by atoms with van der Waals surface area (Å²) in [6.45, 7) is 0.421. The van der Waals surface area contributed by atoms with Gasteiger partial charge in [0.2, 0.25) is 0 Å². The van der Waals surface area contributed by atoms with E-state index in [0.717, 1.165) is 37.9 Å². The molecule has 2 N–H and O–H groups in total. The van der Waals surface area contributed by atoms with Gasteiger partial charge in [-0.1, -0.05) is 18.2 Å². The Morgan fingerprint density at radius 1 is 1.11 bits per heavy atom. The van der Waals surface area contributed by atoms with Crippen molar-refractivity contribution in [3.05, 3.63) is 30.3 Å². The Hall–Kier alpha value is -2.08. The second-order valence-corrected chi connectivity index (χ2v) is 8.55. The molecule has 4 aliphatic rings. The highest BCUT2D eigenvalue weighted by atomic mass is 16.5. The summed E-state index contributed by atoms with van der Waals surface area (Å²) in [6, 6.07) is 9.38. The molecule has 27 heavy (non-hydrogen) atoms. The van der Waals surface area contributed by atoms with Crippen LogP contribution < -0.4 is 10.1 Å². The lowest BCUT2D eigenvalue weighted by Crippen LogP contribution is -2.58. The third-order valence-electron chi connectivity index (χ3n) is 6.23. The van der Waals surface area contributed by atoms with E-state index in [9.17, 15) is 14.7 Å². The lowest BCUT2D eigenvalue weighted by Gasteiger charge is -2.58. The fraction of sp³-hybridized carbons (Fsp3) is 0.619. The molecule has 5 rings (SSSR count). The molecule has 6 nitrogen and oxygen atoms in total. The average molecular weight is 373 g/mol. The summed E-state index contributed by atoms with van der Waals surface area (Å²) in [6.07, 6.45) is 4.78. The molecule has 0 aliphatic heterocycles. The zero-order chi connectivity index (χ0) is 18.9. The second kappa shape index (κ2) is 7.15. The number of benzene rings is 1. The average Bonchev–Trinajstić information content (AvgIpc) is 2.62. The maximum Gasteiger partial charge on any atom is 0.312 e. The minimum Gasteiger partial charge on any atom is -0.492 e. The summed E-state index contributed by atoms with van der Waals surface area (Å²) >= 11 is 0. The topological polar surface area (TPSA) is 84.9 Å². The Balaban J connectivity index is 1.21. The van der Waals surface area contributed by atoms with Gasteiger partial charge in [-0.05, 0) is 62.5 Å². The van der Waals surface area contributed by atoms with Gasteiger partial charge in [-0.25, -0.2) is 0 Å². The Labute approximate surface area is 159 Å². The first-order valence-electron chi connectivity index (χ1n) is 9.81. The van der Waals surface area contributed by atoms with Crippen LogP contribution >= 0.6 is 0 Å². The van der Waals surface area contributed by atoms with Gasteiger partial charge in [-0.2, -0.15) is 0 Å². The molecule has 4 aliphatic carbocycles. The number of rotatable bonds is 7. The smallest absolute Gasteiger partial charge is 0.312 e. The molecule has 4 saturated carbocycles. The lowest BCUT2D eigenvalue weighted by atomic mass is 9.48. The molecule has 0 heterocycles. The highest BCUT2D eigenvalue weighted by molar-refractivity contribution is 5.83. The molecule has 1 aromatic carbocycles. The number of carbonyl (C=O) groups is 2. The number of amides is 1. The van der Waals surface area contributed by atoms with Crippen molar-refractivity contribution in [2.75, 3.05) is 19.8 Å². The number of hydrogen-bond donors (Lipinski definition) is 2. The first-order chi connectivity index (χ1) is 13.0. The van der Waals surface area contributed by atoms with Gasteiger partial charge >= 0.3 is 5.97 Å². The number of aliphatic hydroxyl groups is 1. The number of carbonyl (C=O) groups excluding carboxylic acids is 2. The Morgan fingerprint density at radius 2 is 1.81 bits per heavy atom. The van der Waals surface area contributed by atoms with E-state index in [1.54, 1.807) is 0 Å². The number of para-hydroxylation sites is 1. The van der Waals surface area contributed by atoms with Gasteiger partial charge in [0.1, 0.15) is 12.4 Å². The molecule has 0 radical (unpaired) electrons. The van der Waals surface area contributed by atoms with Crippen LogP contribution in [-0.4, -0.2) is 42.3 Å².